The first-order valence-electron chi connectivity index (χ1n) is 8.57. The minimum atomic E-state index is -1.06. The molecule has 0 N–H and O–H groups in total. The molecule has 0 bridgehead atoms. The van der Waals surface area contributed by atoms with Crippen LogP contribution in [0.15, 0.2) is 48.5 Å². The molecule has 0 heterocycles. The van der Waals surface area contributed by atoms with Crippen LogP contribution < -0.4 is 4.74 Å². The van der Waals surface area contributed by atoms with Crippen molar-refractivity contribution < 1.29 is 22.3 Å². The number of rotatable bonds is 3. The Morgan fingerprint density at radius 1 is 0.750 bits per heavy atom. The van der Waals surface area contributed by atoms with Crippen molar-refractivity contribution in [3.8, 4) is 28.7 Å². The number of methoxy groups -OCH3 is 1. The summed E-state index contributed by atoms with van der Waals surface area (Å²) in [5, 5.41) is 0. The van der Waals surface area contributed by atoms with Gasteiger partial charge in [-0.1, -0.05) is 37.0 Å². The van der Waals surface area contributed by atoms with E-state index < -0.39 is 23.3 Å². The second kappa shape index (κ2) is 8.18. The second-order valence-electron chi connectivity index (χ2n) is 6.02. The Hall–Kier alpha value is -3.26. The van der Waals surface area contributed by atoms with Crippen LogP contribution in [0.1, 0.15) is 23.6 Å². The van der Waals surface area contributed by atoms with Crippen LogP contribution >= 0.6 is 0 Å². The first-order valence-corrected chi connectivity index (χ1v) is 8.57. The summed E-state index contributed by atoms with van der Waals surface area (Å²) in [5.74, 6) is 1.25. The lowest BCUT2D eigenvalue weighted by Gasteiger charge is -2.08. The van der Waals surface area contributed by atoms with Crippen molar-refractivity contribution in [2.45, 2.75) is 13.3 Å². The summed E-state index contributed by atoms with van der Waals surface area (Å²) >= 11 is 0. The van der Waals surface area contributed by atoms with Gasteiger partial charge in [-0.3, -0.25) is 0 Å². The number of halogens is 4. The molecule has 5 heteroatoms. The maximum atomic E-state index is 14.2. The van der Waals surface area contributed by atoms with Gasteiger partial charge in [0.05, 0.1) is 12.7 Å². The van der Waals surface area contributed by atoms with E-state index in [0.29, 0.717) is 23.1 Å². The molecular formula is C23H16F4O. The van der Waals surface area contributed by atoms with Gasteiger partial charge < -0.3 is 4.74 Å². The third kappa shape index (κ3) is 3.72. The molecule has 0 aliphatic carbocycles. The molecule has 0 radical (unpaired) electrons. The average Bonchev–Trinajstić information content (AvgIpc) is 2.72. The Morgan fingerprint density at radius 2 is 1.46 bits per heavy atom. The van der Waals surface area contributed by atoms with Gasteiger partial charge >= 0.3 is 0 Å². The van der Waals surface area contributed by atoms with Crippen molar-refractivity contribution in [3.05, 3.63) is 88.5 Å². The largest absolute Gasteiger partial charge is 0.494 e. The molecule has 0 aliphatic rings. The van der Waals surface area contributed by atoms with E-state index in [4.69, 9.17) is 4.74 Å². The molecule has 0 spiro atoms. The van der Waals surface area contributed by atoms with Crippen LogP contribution in [0.4, 0.5) is 17.6 Å². The molecule has 1 nitrogen and oxygen atoms in total. The zero-order valence-corrected chi connectivity index (χ0v) is 15.2. The topological polar surface area (TPSA) is 9.23 Å². The van der Waals surface area contributed by atoms with Gasteiger partial charge in [-0.05, 0) is 47.9 Å². The number of hydrogen-bond donors (Lipinski definition) is 0. The fourth-order valence-electron chi connectivity index (χ4n) is 2.74. The molecule has 3 aromatic carbocycles. The molecule has 0 saturated carbocycles. The van der Waals surface area contributed by atoms with E-state index in [1.54, 1.807) is 31.2 Å². The molecule has 3 aromatic rings. The monoisotopic (exact) mass is 384 g/mol. The normalized spacial score (nSPS) is 10.4. The smallest absolute Gasteiger partial charge is 0.201 e. The zero-order valence-electron chi connectivity index (χ0n) is 15.2. The van der Waals surface area contributed by atoms with Gasteiger partial charge in [-0.25, -0.2) is 13.2 Å². The summed E-state index contributed by atoms with van der Waals surface area (Å²) in [6.45, 7) is 1.74. The highest BCUT2D eigenvalue weighted by atomic mass is 19.2. The van der Waals surface area contributed by atoms with Gasteiger partial charge in [0.1, 0.15) is 0 Å². The minimum absolute atomic E-state index is 0.0398. The summed E-state index contributed by atoms with van der Waals surface area (Å²) < 4.78 is 60.7. The van der Waals surface area contributed by atoms with E-state index in [-0.39, 0.29) is 16.9 Å². The lowest BCUT2D eigenvalue weighted by Crippen LogP contribution is -1.96. The van der Waals surface area contributed by atoms with Gasteiger partial charge in [0.15, 0.2) is 23.2 Å². The Kier molecular flexibility index (Phi) is 5.70. The molecule has 0 saturated heterocycles. The highest BCUT2D eigenvalue weighted by Crippen LogP contribution is 2.29. The summed E-state index contributed by atoms with van der Waals surface area (Å²) in [5.41, 5.74) is 1.32. The Labute approximate surface area is 160 Å². The molecule has 0 aromatic heterocycles. The molecule has 0 amide bonds. The van der Waals surface area contributed by atoms with E-state index >= 15 is 0 Å². The molecule has 0 unspecified atom stereocenters. The fraction of sp³-hybridized carbons (Fsp3) is 0.130. The first-order chi connectivity index (χ1) is 13.5. The molecule has 0 fully saturated rings. The molecule has 0 atom stereocenters. The summed E-state index contributed by atoms with van der Waals surface area (Å²) in [4.78, 5) is 0. The second-order valence-corrected chi connectivity index (χ2v) is 6.02. The first kappa shape index (κ1) is 19.5. The van der Waals surface area contributed by atoms with Crippen LogP contribution in [0.25, 0.3) is 11.1 Å². The summed E-state index contributed by atoms with van der Waals surface area (Å²) in [6.07, 6.45) is 0.389. The van der Waals surface area contributed by atoms with E-state index in [0.717, 1.165) is 0 Å². The van der Waals surface area contributed by atoms with Crippen molar-refractivity contribution in [1.29, 1.82) is 0 Å². The SMILES string of the molecule is CCc1ccc(C#Cc2ccc(-c3ccc(OC)c(F)c3F)cc2)c(F)c1F. The number of hydrogen-bond acceptors (Lipinski definition) is 1. The highest BCUT2D eigenvalue weighted by Gasteiger charge is 2.15. The summed E-state index contributed by atoms with van der Waals surface area (Å²) in [6, 6.07) is 12.1. The van der Waals surface area contributed by atoms with Crippen LogP contribution in [0.3, 0.4) is 0 Å². The van der Waals surface area contributed by atoms with Crippen LogP contribution in [0.2, 0.25) is 0 Å². The molecular weight excluding hydrogens is 368 g/mol. The van der Waals surface area contributed by atoms with Gasteiger partial charge in [-0.2, -0.15) is 4.39 Å². The minimum Gasteiger partial charge on any atom is -0.494 e. The number of aryl methyl sites for hydroxylation is 1. The van der Waals surface area contributed by atoms with Gasteiger partial charge in [0, 0.05) is 11.1 Å². The molecule has 0 aliphatic heterocycles. The van der Waals surface area contributed by atoms with Crippen LogP contribution in [-0.2, 0) is 6.42 Å². The quantitative estimate of drug-likeness (QED) is 0.405. The van der Waals surface area contributed by atoms with Gasteiger partial charge in [-0.15, -0.1) is 0 Å². The van der Waals surface area contributed by atoms with Crippen LogP contribution in [-0.4, -0.2) is 7.11 Å². The highest BCUT2D eigenvalue weighted by molar-refractivity contribution is 5.66. The van der Waals surface area contributed by atoms with Crippen molar-refractivity contribution in [2.75, 3.05) is 7.11 Å². The van der Waals surface area contributed by atoms with Crippen molar-refractivity contribution >= 4 is 0 Å². The fourth-order valence-corrected chi connectivity index (χ4v) is 2.74. The van der Waals surface area contributed by atoms with E-state index in [2.05, 4.69) is 11.8 Å². The standard InChI is InChI=1S/C23H16F4O/c1-3-15-10-11-17(21(25)20(15)24)9-6-14-4-7-16(8-5-14)18-12-13-19(28-2)23(27)22(18)26/h4-5,7-8,10-13H,3H2,1-2H3. The predicted octanol–water partition coefficient (Wildman–Crippen LogP) is 5.88. The van der Waals surface area contributed by atoms with E-state index in [1.165, 1.54) is 31.4 Å². The Bertz CT molecular complexity index is 1080. The lowest BCUT2D eigenvalue weighted by atomic mass is 10.0. The maximum Gasteiger partial charge on any atom is 0.201 e. The van der Waals surface area contributed by atoms with Crippen molar-refractivity contribution in [1.82, 2.24) is 0 Å². The molecule has 142 valence electrons. The van der Waals surface area contributed by atoms with Crippen molar-refractivity contribution in [3.63, 3.8) is 0 Å². The van der Waals surface area contributed by atoms with Gasteiger partial charge in [0.2, 0.25) is 5.82 Å². The van der Waals surface area contributed by atoms with Crippen LogP contribution in [0.5, 0.6) is 5.75 Å². The third-order valence-corrected chi connectivity index (χ3v) is 4.35. The Morgan fingerprint density at radius 3 is 2.11 bits per heavy atom. The van der Waals surface area contributed by atoms with Crippen LogP contribution in [0, 0.1) is 35.1 Å². The number of ether oxygens (including phenoxy) is 1. The van der Waals surface area contributed by atoms with Gasteiger partial charge in [0.25, 0.3) is 0 Å². The lowest BCUT2D eigenvalue weighted by molar-refractivity contribution is 0.372. The summed E-state index contributed by atoms with van der Waals surface area (Å²) in [7, 11) is 1.26. The Balaban J connectivity index is 1.89. The van der Waals surface area contributed by atoms with E-state index in [9.17, 15) is 17.6 Å². The predicted molar refractivity (Wildman–Crippen MR) is 100 cm³/mol. The molecule has 3 rings (SSSR count). The molecule has 28 heavy (non-hydrogen) atoms. The third-order valence-electron chi connectivity index (χ3n) is 4.35. The zero-order chi connectivity index (χ0) is 20.3. The van der Waals surface area contributed by atoms with Crippen molar-refractivity contribution in [2.24, 2.45) is 0 Å². The average molecular weight is 384 g/mol. The maximum absolute atomic E-state index is 14.2. The van der Waals surface area contributed by atoms with E-state index in [1.807, 2.05) is 0 Å². The number of benzene rings is 3.